The Hall–Kier alpha value is -1.06. The van der Waals surface area contributed by atoms with Crippen molar-refractivity contribution in [3.05, 3.63) is 28.8 Å². The first-order valence-corrected chi connectivity index (χ1v) is 6.82. The predicted molar refractivity (Wildman–Crippen MR) is 75.1 cm³/mol. The molecule has 1 aliphatic heterocycles. The first-order valence-electron chi connectivity index (χ1n) is 6.44. The van der Waals surface area contributed by atoms with Crippen LogP contribution in [0.5, 0.6) is 0 Å². The van der Waals surface area contributed by atoms with E-state index in [0.717, 1.165) is 24.2 Å². The molecule has 98 valence electrons. The number of nitrogens with one attached hydrogen (secondary N) is 2. The number of amides is 1. The smallest absolute Gasteiger partial charge is 0.224 e. The summed E-state index contributed by atoms with van der Waals surface area (Å²) < 4.78 is 0. The van der Waals surface area contributed by atoms with Crippen LogP contribution in [0.4, 0.5) is 5.69 Å². The van der Waals surface area contributed by atoms with E-state index in [-0.39, 0.29) is 5.91 Å². The Morgan fingerprint density at radius 2 is 2.39 bits per heavy atom. The van der Waals surface area contributed by atoms with Gasteiger partial charge in [-0.15, -0.1) is 0 Å². The van der Waals surface area contributed by atoms with Crippen LogP contribution in [0.3, 0.4) is 0 Å². The van der Waals surface area contributed by atoms with Crippen molar-refractivity contribution in [3.63, 3.8) is 0 Å². The molecular formula is C14H19ClN2O. The summed E-state index contributed by atoms with van der Waals surface area (Å²) in [6.45, 7) is 3.03. The van der Waals surface area contributed by atoms with E-state index in [9.17, 15) is 4.79 Å². The summed E-state index contributed by atoms with van der Waals surface area (Å²) in [5.41, 5.74) is 1.79. The van der Waals surface area contributed by atoms with Crippen LogP contribution in [0.2, 0.25) is 5.02 Å². The fraction of sp³-hybridized carbons (Fsp3) is 0.500. The Balaban J connectivity index is 1.80. The van der Waals surface area contributed by atoms with Gasteiger partial charge in [0.25, 0.3) is 0 Å². The van der Waals surface area contributed by atoms with E-state index in [0.29, 0.717) is 17.5 Å². The summed E-state index contributed by atoms with van der Waals surface area (Å²) in [6, 6.07) is 6.10. The normalized spacial score (nSPS) is 18.9. The maximum Gasteiger partial charge on any atom is 0.224 e. The number of halogens is 1. The molecule has 2 N–H and O–H groups in total. The average Bonchev–Trinajstić information content (AvgIpc) is 2.84. The molecule has 1 fully saturated rings. The van der Waals surface area contributed by atoms with Crippen molar-refractivity contribution in [1.82, 2.24) is 5.32 Å². The molecule has 18 heavy (non-hydrogen) atoms. The van der Waals surface area contributed by atoms with Crippen LogP contribution in [-0.4, -0.2) is 18.5 Å². The zero-order valence-corrected chi connectivity index (χ0v) is 11.4. The molecule has 1 aromatic carbocycles. The van der Waals surface area contributed by atoms with Gasteiger partial charge in [0.2, 0.25) is 5.91 Å². The van der Waals surface area contributed by atoms with Crippen molar-refractivity contribution in [2.24, 2.45) is 0 Å². The molecular weight excluding hydrogens is 248 g/mol. The molecule has 0 spiro atoms. The number of hydrogen-bond donors (Lipinski definition) is 2. The molecule has 1 heterocycles. The Morgan fingerprint density at radius 1 is 1.56 bits per heavy atom. The van der Waals surface area contributed by atoms with Crippen molar-refractivity contribution in [2.75, 3.05) is 11.9 Å². The van der Waals surface area contributed by atoms with E-state index in [4.69, 9.17) is 11.6 Å². The number of rotatable bonds is 4. The van der Waals surface area contributed by atoms with E-state index in [1.165, 1.54) is 12.8 Å². The number of hydrogen-bond acceptors (Lipinski definition) is 2. The van der Waals surface area contributed by atoms with E-state index in [1.807, 2.05) is 19.1 Å². The third-order valence-electron chi connectivity index (χ3n) is 3.34. The molecule has 0 saturated carbocycles. The van der Waals surface area contributed by atoms with Gasteiger partial charge in [-0.2, -0.15) is 0 Å². The molecule has 1 amide bonds. The van der Waals surface area contributed by atoms with Gasteiger partial charge in [0, 0.05) is 23.2 Å². The lowest BCUT2D eigenvalue weighted by Crippen LogP contribution is -2.23. The summed E-state index contributed by atoms with van der Waals surface area (Å²) >= 11 is 6.02. The Kier molecular flexibility index (Phi) is 4.61. The lowest BCUT2D eigenvalue weighted by molar-refractivity contribution is -0.116. The van der Waals surface area contributed by atoms with Gasteiger partial charge in [-0.3, -0.25) is 4.79 Å². The molecule has 1 unspecified atom stereocenters. The van der Waals surface area contributed by atoms with Gasteiger partial charge in [-0.25, -0.2) is 0 Å². The highest BCUT2D eigenvalue weighted by atomic mass is 35.5. The van der Waals surface area contributed by atoms with Crippen LogP contribution < -0.4 is 10.6 Å². The Bertz CT molecular complexity index is 428. The highest BCUT2D eigenvalue weighted by molar-refractivity contribution is 6.31. The molecule has 0 aromatic heterocycles. The van der Waals surface area contributed by atoms with Gasteiger partial charge in [0.15, 0.2) is 0 Å². The molecule has 2 rings (SSSR count). The summed E-state index contributed by atoms with van der Waals surface area (Å²) in [5.74, 6) is 0.0589. The summed E-state index contributed by atoms with van der Waals surface area (Å²) in [5, 5.41) is 6.96. The maximum absolute atomic E-state index is 11.8. The van der Waals surface area contributed by atoms with Crippen molar-refractivity contribution >= 4 is 23.2 Å². The average molecular weight is 267 g/mol. The van der Waals surface area contributed by atoms with Gasteiger partial charge < -0.3 is 10.6 Å². The summed E-state index contributed by atoms with van der Waals surface area (Å²) in [7, 11) is 0. The molecule has 0 aliphatic carbocycles. The number of benzene rings is 1. The highest BCUT2D eigenvalue weighted by Crippen LogP contribution is 2.20. The standard InChI is InChI=1S/C14H19ClN2O/c1-10-4-5-12(9-13(10)15)17-14(18)7-6-11-3-2-8-16-11/h4-5,9,11,16H,2-3,6-8H2,1H3,(H,17,18). The van der Waals surface area contributed by atoms with E-state index < -0.39 is 0 Å². The largest absolute Gasteiger partial charge is 0.326 e. The van der Waals surface area contributed by atoms with Gasteiger partial charge in [-0.1, -0.05) is 17.7 Å². The van der Waals surface area contributed by atoms with Crippen molar-refractivity contribution < 1.29 is 4.79 Å². The van der Waals surface area contributed by atoms with Crippen LogP contribution in [0.25, 0.3) is 0 Å². The molecule has 4 heteroatoms. The van der Waals surface area contributed by atoms with Crippen molar-refractivity contribution in [1.29, 1.82) is 0 Å². The first-order chi connectivity index (χ1) is 8.65. The second-order valence-electron chi connectivity index (χ2n) is 4.84. The van der Waals surface area contributed by atoms with E-state index >= 15 is 0 Å². The van der Waals surface area contributed by atoms with E-state index in [1.54, 1.807) is 6.07 Å². The minimum absolute atomic E-state index is 0.0589. The Morgan fingerprint density at radius 3 is 3.06 bits per heavy atom. The SMILES string of the molecule is Cc1ccc(NC(=O)CCC2CCCN2)cc1Cl. The third kappa shape index (κ3) is 3.72. The lowest BCUT2D eigenvalue weighted by Gasteiger charge is -2.10. The van der Waals surface area contributed by atoms with Gasteiger partial charge in [0.1, 0.15) is 0 Å². The second kappa shape index (κ2) is 6.21. The summed E-state index contributed by atoms with van der Waals surface area (Å²) in [6.07, 6.45) is 3.87. The Labute approximate surface area is 113 Å². The van der Waals surface area contributed by atoms with Crippen LogP contribution >= 0.6 is 11.6 Å². The number of anilines is 1. The first kappa shape index (κ1) is 13.4. The zero-order valence-electron chi connectivity index (χ0n) is 10.6. The number of aryl methyl sites for hydroxylation is 1. The van der Waals surface area contributed by atoms with Crippen LogP contribution in [-0.2, 0) is 4.79 Å². The quantitative estimate of drug-likeness (QED) is 0.879. The molecule has 1 aliphatic rings. The van der Waals surface area contributed by atoms with Crippen LogP contribution in [0, 0.1) is 6.92 Å². The fourth-order valence-corrected chi connectivity index (χ4v) is 2.38. The van der Waals surface area contributed by atoms with E-state index in [2.05, 4.69) is 10.6 Å². The number of carbonyl (C=O) groups excluding carboxylic acids is 1. The second-order valence-corrected chi connectivity index (χ2v) is 5.25. The molecule has 3 nitrogen and oxygen atoms in total. The van der Waals surface area contributed by atoms with Crippen molar-refractivity contribution in [3.8, 4) is 0 Å². The lowest BCUT2D eigenvalue weighted by atomic mass is 10.1. The molecule has 0 bridgehead atoms. The zero-order chi connectivity index (χ0) is 13.0. The highest BCUT2D eigenvalue weighted by Gasteiger charge is 2.15. The van der Waals surface area contributed by atoms with Gasteiger partial charge >= 0.3 is 0 Å². The topological polar surface area (TPSA) is 41.1 Å². The predicted octanol–water partition coefficient (Wildman–Crippen LogP) is 3.12. The molecule has 1 saturated heterocycles. The molecule has 0 radical (unpaired) electrons. The van der Waals surface area contributed by atoms with Crippen molar-refractivity contribution in [2.45, 2.75) is 38.6 Å². The van der Waals surface area contributed by atoms with Gasteiger partial charge in [-0.05, 0) is 50.4 Å². The van der Waals surface area contributed by atoms with Crippen LogP contribution in [0.1, 0.15) is 31.2 Å². The van der Waals surface area contributed by atoms with Crippen LogP contribution in [0.15, 0.2) is 18.2 Å². The maximum atomic E-state index is 11.8. The third-order valence-corrected chi connectivity index (χ3v) is 3.75. The fourth-order valence-electron chi connectivity index (χ4n) is 2.20. The monoisotopic (exact) mass is 266 g/mol. The summed E-state index contributed by atoms with van der Waals surface area (Å²) in [4.78, 5) is 11.8. The van der Waals surface area contributed by atoms with Gasteiger partial charge in [0.05, 0.1) is 0 Å². The minimum atomic E-state index is 0.0589. The molecule has 1 aromatic rings. The molecule has 1 atom stereocenters. The minimum Gasteiger partial charge on any atom is -0.326 e. The number of carbonyl (C=O) groups is 1.